The fourth-order valence-corrected chi connectivity index (χ4v) is 3.17. The lowest BCUT2D eigenvalue weighted by molar-refractivity contribution is 0.0697. The van der Waals surface area contributed by atoms with Crippen LogP contribution in [0.15, 0.2) is 48.5 Å². The fourth-order valence-electron chi connectivity index (χ4n) is 3.17. The second-order valence-electron chi connectivity index (χ2n) is 6.37. The fraction of sp³-hybridized carbons (Fsp3) is 0.263. The lowest BCUT2D eigenvalue weighted by atomic mass is 9.97. The number of carboxylic acids is 1. The van der Waals surface area contributed by atoms with Gasteiger partial charge in [0, 0.05) is 6.54 Å². The number of aliphatic hydroxyl groups is 1. The van der Waals surface area contributed by atoms with Gasteiger partial charge in [-0.25, -0.2) is 9.59 Å². The van der Waals surface area contributed by atoms with E-state index < -0.39 is 11.5 Å². The molecule has 0 aromatic heterocycles. The molecule has 0 aliphatic heterocycles. The first-order valence-electron chi connectivity index (χ1n) is 8.07. The van der Waals surface area contributed by atoms with Crippen molar-refractivity contribution in [2.75, 3.05) is 6.61 Å². The number of urea groups is 1. The summed E-state index contributed by atoms with van der Waals surface area (Å²) in [5.41, 5.74) is 2.60. The zero-order valence-electron chi connectivity index (χ0n) is 13.7. The van der Waals surface area contributed by atoms with Crippen molar-refractivity contribution in [3.05, 3.63) is 70.8 Å². The molecule has 3 rings (SSSR count). The molecule has 0 bridgehead atoms. The number of rotatable bonds is 5. The van der Waals surface area contributed by atoms with Crippen LogP contribution in [0.25, 0.3) is 0 Å². The molecule has 0 heterocycles. The molecular weight excluding hydrogens is 320 g/mol. The third kappa shape index (κ3) is 3.80. The van der Waals surface area contributed by atoms with Crippen LogP contribution in [0, 0.1) is 0 Å². The second-order valence-corrected chi connectivity index (χ2v) is 6.37. The zero-order valence-corrected chi connectivity index (χ0v) is 13.7. The molecule has 4 N–H and O–H groups in total. The number of hydrogen-bond acceptors (Lipinski definition) is 3. The first kappa shape index (κ1) is 17.0. The van der Waals surface area contributed by atoms with E-state index in [4.69, 9.17) is 5.11 Å². The Morgan fingerprint density at radius 1 is 1.00 bits per heavy atom. The second kappa shape index (κ2) is 6.94. The van der Waals surface area contributed by atoms with Crippen LogP contribution in [0.2, 0.25) is 0 Å². The van der Waals surface area contributed by atoms with Gasteiger partial charge in [0.05, 0.1) is 17.7 Å². The molecular formula is C19H20N2O4. The Balaban J connectivity index is 1.58. The average molecular weight is 340 g/mol. The number of nitrogens with one attached hydrogen (secondary N) is 2. The number of benzene rings is 2. The predicted molar refractivity (Wildman–Crippen MR) is 92.4 cm³/mol. The smallest absolute Gasteiger partial charge is 0.335 e. The van der Waals surface area contributed by atoms with Gasteiger partial charge in [0.1, 0.15) is 0 Å². The Hall–Kier alpha value is -2.86. The van der Waals surface area contributed by atoms with Crippen molar-refractivity contribution in [3.8, 4) is 0 Å². The summed E-state index contributed by atoms with van der Waals surface area (Å²) in [6.07, 6.45) is 1.20. The van der Waals surface area contributed by atoms with E-state index in [2.05, 4.69) is 10.6 Å². The van der Waals surface area contributed by atoms with Crippen LogP contribution in [0.5, 0.6) is 0 Å². The Morgan fingerprint density at radius 3 is 2.12 bits per heavy atom. The summed E-state index contributed by atoms with van der Waals surface area (Å²) in [6.45, 7) is 0.141. The van der Waals surface area contributed by atoms with Crippen LogP contribution in [-0.2, 0) is 19.4 Å². The minimum absolute atomic E-state index is 0.136. The van der Waals surface area contributed by atoms with Crippen molar-refractivity contribution in [2.24, 2.45) is 0 Å². The van der Waals surface area contributed by atoms with Crippen molar-refractivity contribution >= 4 is 12.0 Å². The molecule has 2 amide bonds. The third-order valence-corrected chi connectivity index (χ3v) is 4.51. The number of amides is 2. The molecule has 0 radical (unpaired) electrons. The zero-order chi connectivity index (χ0) is 17.9. The van der Waals surface area contributed by atoms with Gasteiger partial charge in [0.2, 0.25) is 0 Å². The van der Waals surface area contributed by atoms with Gasteiger partial charge in [-0.1, -0.05) is 36.4 Å². The van der Waals surface area contributed by atoms with E-state index in [1.807, 2.05) is 24.3 Å². The van der Waals surface area contributed by atoms with Crippen molar-refractivity contribution in [3.63, 3.8) is 0 Å². The Morgan fingerprint density at radius 2 is 1.60 bits per heavy atom. The quantitative estimate of drug-likeness (QED) is 0.666. The molecule has 6 heteroatoms. The van der Waals surface area contributed by atoms with Gasteiger partial charge in [-0.3, -0.25) is 0 Å². The van der Waals surface area contributed by atoms with Gasteiger partial charge in [-0.05, 0) is 41.7 Å². The van der Waals surface area contributed by atoms with Crippen LogP contribution in [0.4, 0.5) is 4.79 Å². The van der Waals surface area contributed by atoms with Gasteiger partial charge in [0.15, 0.2) is 0 Å². The summed E-state index contributed by atoms with van der Waals surface area (Å²) in [5.74, 6) is -0.983. The number of carbonyl (C=O) groups excluding carboxylic acids is 1. The van der Waals surface area contributed by atoms with Gasteiger partial charge >= 0.3 is 12.0 Å². The van der Waals surface area contributed by atoms with Crippen LogP contribution >= 0.6 is 0 Å². The molecule has 130 valence electrons. The summed E-state index contributed by atoms with van der Waals surface area (Å²) in [5, 5.41) is 24.3. The normalized spacial score (nSPS) is 14.6. The molecule has 1 aliphatic rings. The molecule has 0 spiro atoms. The maximum absolute atomic E-state index is 12.2. The van der Waals surface area contributed by atoms with E-state index in [1.54, 1.807) is 12.1 Å². The Bertz CT molecular complexity index is 761. The van der Waals surface area contributed by atoms with E-state index in [1.165, 1.54) is 12.1 Å². The van der Waals surface area contributed by atoms with E-state index in [0.29, 0.717) is 12.8 Å². The lowest BCUT2D eigenvalue weighted by Gasteiger charge is -2.28. The van der Waals surface area contributed by atoms with Crippen LogP contribution in [0.1, 0.15) is 27.0 Å². The molecule has 25 heavy (non-hydrogen) atoms. The van der Waals surface area contributed by atoms with Crippen molar-refractivity contribution in [2.45, 2.75) is 24.9 Å². The SMILES string of the molecule is O=C(NCc1ccc(C(=O)O)cc1)NC1(CO)Cc2ccccc2C1. The van der Waals surface area contributed by atoms with Crippen LogP contribution in [0.3, 0.4) is 0 Å². The van der Waals surface area contributed by atoms with Crippen molar-refractivity contribution < 1.29 is 19.8 Å². The highest BCUT2D eigenvalue weighted by Gasteiger charge is 2.37. The molecule has 0 saturated heterocycles. The van der Waals surface area contributed by atoms with Gasteiger partial charge in [-0.15, -0.1) is 0 Å². The lowest BCUT2D eigenvalue weighted by Crippen LogP contribution is -2.55. The van der Waals surface area contributed by atoms with Gasteiger partial charge < -0.3 is 20.8 Å². The highest BCUT2D eigenvalue weighted by molar-refractivity contribution is 5.87. The maximum atomic E-state index is 12.2. The van der Waals surface area contributed by atoms with Crippen LogP contribution < -0.4 is 10.6 Å². The highest BCUT2D eigenvalue weighted by atomic mass is 16.4. The third-order valence-electron chi connectivity index (χ3n) is 4.51. The monoisotopic (exact) mass is 340 g/mol. The highest BCUT2D eigenvalue weighted by Crippen LogP contribution is 2.29. The maximum Gasteiger partial charge on any atom is 0.335 e. The van der Waals surface area contributed by atoms with E-state index >= 15 is 0 Å². The van der Waals surface area contributed by atoms with E-state index in [-0.39, 0.29) is 24.7 Å². The molecule has 2 aromatic carbocycles. The predicted octanol–water partition coefficient (Wildman–Crippen LogP) is 1.71. The number of carbonyl (C=O) groups is 2. The van der Waals surface area contributed by atoms with Crippen LogP contribution in [-0.4, -0.2) is 34.4 Å². The van der Waals surface area contributed by atoms with Crippen molar-refractivity contribution in [1.82, 2.24) is 10.6 Å². The molecule has 0 atom stereocenters. The summed E-state index contributed by atoms with van der Waals surface area (Å²) >= 11 is 0. The number of hydrogen-bond donors (Lipinski definition) is 4. The summed E-state index contributed by atoms with van der Waals surface area (Å²) in [4.78, 5) is 23.1. The van der Waals surface area contributed by atoms with Gasteiger partial charge in [0.25, 0.3) is 0 Å². The molecule has 6 nitrogen and oxygen atoms in total. The summed E-state index contributed by atoms with van der Waals surface area (Å²) < 4.78 is 0. The first-order chi connectivity index (χ1) is 12.0. The summed E-state index contributed by atoms with van der Waals surface area (Å²) in [6, 6.07) is 13.9. The standard InChI is InChI=1S/C19H20N2O4/c22-12-19(9-15-3-1-2-4-16(15)10-19)21-18(25)20-11-13-5-7-14(8-6-13)17(23)24/h1-8,22H,9-12H2,(H,23,24)(H2,20,21,25). The van der Waals surface area contributed by atoms with E-state index in [0.717, 1.165) is 16.7 Å². The number of fused-ring (bicyclic) bond motifs is 1. The van der Waals surface area contributed by atoms with Crippen molar-refractivity contribution in [1.29, 1.82) is 0 Å². The number of carboxylic acid groups (broad SMARTS) is 1. The summed E-state index contributed by atoms with van der Waals surface area (Å²) in [7, 11) is 0. The van der Waals surface area contributed by atoms with E-state index in [9.17, 15) is 14.7 Å². The molecule has 0 saturated carbocycles. The Labute approximate surface area is 145 Å². The molecule has 0 fully saturated rings. The molecule has 0 unspecified atom stereocenters. The average Bonchev–Trinajstić information content (AvgIpc) is 2.99. The minimum Gasteiger partial charge on any atom is -0.478 e. The number of aromatic carboxylic acids is 1. The Kier molecular flexibility index (Phi) is 4.72. The number of aliphatic hydroxyl groups excluding tert-OH is 1. The minimum atomic E-state index is -0.983. The first-order valence-corrected chi connectivity index (χ1v) is 8.07. The largest absolute Gasteiger partial charge is 0.478 e. The topological polar surface area (TPSA) is 98.7 Å². The molecule has 2 aromatic rings. The van der Waals surface area contributed by atoms with Gasteiger partial charge in [-0.2, -0.15) is 0 Å². The molecule has 1 aliphatic carbocycles.